The standard InChI is InChI=1S/C18H18N4OS/c1-3-23-16-9-7-15(8-10-16)17-20-21-18(24)22(17)19-12-14-6-4-5-13(2)11-14/h4-12H,3H2,1-2H3,(H,21,24)/b19-12-. The monoisotopic (exact) mass is 338 g/mol. The molecule has 24 heavy (non-hydrogen) atoms. The van der Waals surface area contributed by atoms with E-state index in [2.05, 4.69) is 21.4 Å². The maximum absolute atomic E-state index is 5.46. The first-order chi connectivity index (χ1) is 11.7. The summed E-state index contributed by atoms with van der Waals surface area (Å²) < 4.78 is 7.53. The molecule has 1 aromatic heterocycles. The van der Waals surface area contributed by atoms with Gasteiger partial charge in [0.25, 0.3) is 0 Å². The molecule has 0 aliphatic carbocycles. The van der Waals surface area contributed by atoms with Gasteiger partial charge in [0.05, 0.1) is 12.8 Å². The molecule has 1 N–H and O–H groups in total. The minimum absolute atomic E-state index is 0.447. The van der Waals surface area contributed by atoms with Crippen LogP contribution in [0.4, 0.5) is 0 Å². The second-order valence-corrected chi connectivity index (χ2v) is 5.67. The van der Waals surface area contributed by atoms with Gasteiger partial charge in [-0.2, -0.15) is 14.9 Å². The normalized spacial score (nSPS) is 11.1. The van der Waals surface area contributed by atoms with Gasteiger partial charge >= 0.3 is 0 Å². The molecule has 122 valence electrons. The van der Waals surface area contributed by atoms with E-state index in [0.29, 0.717) is 17.2 Å². The minimum atomic E-state index is 0.447. The lowest BCUT2D eigenvalue weighted by molar-refractivity contribution is 0.340. The van der Waals surface area contributed by atoms with Gasteiger partial charge < -0.3 is 4.74 Å². The zero-order chi connectivity index (χ0) is 16.9. The van der Waals surface area contributed by atoms with Crippen molar-refractivity contribution >= 4 is 18.4 Å². The minimum Gasteiger partial charge on any atom is -0.494 e. The van der Waals surface area contributed by atoms with E-state index in [0.717, 1.165) is 16.9 Å². The van der Waals surface area contributed by atoms with Gasteiger partial charge in [0.1, 0.15) is 5.75 Å². The lowest BCUT2D eigenvalue weighted by Crippen LogP contribution is -1.96. The van der Waals surface area contributed by atoms with E-state index in [9.17, 15) is 0 Å². The van der Waals surface area contributed by atoms with E-state index >= 15 is 0 Å². The third kappa shape index (κ3) is 3.60. The van der Waals surface area contributed by atoms with Crippen LogP contribution in [0.25, 0.3) is 11.4 Å². The number of benzene rings is 2. The number of H-pyrrole nitrogens is 1. The largest absolute Gasteiger partial charge is 0.494 e. The molecule has 5 nitrogen and oxygen atoms in total. The third-order valence-corrected chi connectivity index (χ3v) is 3.70. The van der Waals surface area contributed by atoms with Crippen LogP contribution in [0.1, 0.15) is 18.1 Å². The molecule has 0 amide bonds. The van der Waals surface area contributed by atoms with E-state index in [4.69, 9.17) is 17.0 Å². The Balaban J connectivity index is 1.92. The van der Waals surface area contributed by atoms with Crippen molar-refractivity contribution in [2.75, 3.05) is 6.61 Å². The van der Waals surface area contributed by atoms with E-state index in [1.165, 1.54) is 5.56 Å². The maximum Gasteiger partial charge on any atom is 0.216 e. The van der Waals surface area contributed by atoms with Crippen LogP contribution in [0, 0.1) is 11.7 Å². The van der Waals surface area contributed by atoms with Gasteiger partial charge in [-0.05, 0) is 55.9 Å². The summed E-state index contributed by atoms with van der Waals surface area (Å²) >= 11 is 5.29. The van der Waals surface area contributed by atoms with Crippen molar-refractivity contribution in [3.8, 4) is 17.1 Å². The Labute approximate surface area is 145 Å². The fraction of sp³-hybridized carbons (Fsp3) is 0.167. The lowest BCUT2D eigenvalue weighted by Gasteiger charge is -2.04. The van der Waals surface area contributed by atoms with Crippen LogP contribution in [0.5, 0.6) is 5.75 Å². The van der Waals surface area contributed by atoms with Crippen LogP contribution in [-0.2, 0) is 0 Å². The summed E-state index contributed by atoms with van der Waals surface area (Å²) in [5, 5.41) is 11.6. The molecule has 0 aliphatic rings. The molecule has 0 bridgehead atoms. The second-order valence-electron chi connectivity index (χ2n) is 5.28. The first kappa shape index (κ1) is 16.1. The van der Waals surface area contributed by atoms with Gasteiger partial charge in [0.2, 0.25) is 4.77 Å². The van der Waals surface area contributed by atoms with Crippen LogP contribution in [0.15, 0.2) is 53.6 Å². The van der Waals surface area contributed by atoms with E-state index in [1.54, 1.807) is 10.9 Å². The van der Waals surface area contributed by atoms with Crippen molar-refractivity contribution in [1.82, 2.24) is 14.9 Å². The predicted octanol–water partition coefficient (Wildman–Crippen LogP) is 4.20. The fourth-order valence-corrected chi connectivity index (χ4v) is 2.51. The molecule has 0 aliphatic heterocycles. The van der Waals surface area contributed by atoms with Gasteiger partial charge in [0, 0.05) is 5.56 Å². The van der Waals surface area contributed by atoms with Gasteiger partial charge in [-0.25, -0.2) is 5.10 Å². The molecule has 6 heteroatoms. The van der Waals surface area contributed by atoms with Crippen LogP contribution < -0.4 is 4.74 Å². The number of aromatic nitrogens is 3. The number of aryl methyl sites for hydroxylation is 1. The Morgan fingerprint density at radius 3 is 2.75 bits per heavy atom. The molecule has 2 aromatic carbocycles. The maximum atomic E-state index is 5.46. The summed E-state index contributed by atoms with van der Waals surface area (Å²) in [7, 11) is 0. The highest BCUT2D eigenvalue weighted by molar-refractivity contribution is 7.71. The molecule has 0 radical (unpaired) electrons. The average molecular weight is 338 g/mol. The van der Waals surface area contributed by atoms with E-state index in [1.807, 2.05) is 56.3 Å². The Bertz CT molecular complexity index is 909. The number of hydrogen-bond donors (Lipinski definition) is 1. The molecule has 0 saturated carbocycles. The van der Waals surface area contributed by atoms with E-state index in [-0.39, 0.29) is 0 Å². The first-order valence-electron chi connectivity index (χ1n) is 7.69. The van der Waals surface area contributed by atoms with Gasteiger partial charge in [-0.15, -0.1) is 0 Å². The lowest BCUT2D eigenvalue weighted by atomic mass is 10.2. The highest BCUT2D eigenvalue weighted by atomic mass is 32.1. The number of hydrogen-bond acceptors (Lipinski definition) is 4. The smallest absolute Gasteiger partial charge is 0.216 e. The molecular formula is C18H18N4OS. The topological polar surface area (TPSA) is 55.2 Å². The van der Waals surface area contributed by atoms with Crippen molar-refractivity contribution in [3.63, 3.8) is 0 Å². The fourth-order valence-electron chi connectivity index (χ4n) is 2.33. The highest BCUT2D eigenvalue weighted by Gasteiger charge is 2.08. The second kappa shape index (κ2) is 7.23. The number of nitrogens with zero attached hydrogens (tertiary/aromatic N) is 3. The van der Waals surface area contributed by atoms with E-state index < -0.39 is 0 Å². The SMILES string of the molecule is CCOc1ccc(-c2n[nH]c(=S)n2/N=C\c2cccc(C)c2)cc1. The molecule has 0 spiro atoms. The molecule has 3 aromatic rings. The molecule has 0 fully saturated rings. The van der Waals surface area contributed by atoms with Crippen molar-refractivity contribution in [3.05, 3.63) is 64.4 Å². The highest BCUT2D eigenvalue weighted by Crippen LogP contribution is 2.21. The molecule has 0 atom stereocenters. The Morgan fingerprint density at radius 2 is 2.04 bits per heavy atom. The molecule has 0 saturated heterocycles. The average Bonchev–Trinajstić information content (AvgIpc) is 2.95. The van der Waals surface area contributed by atoms with Gasteiger partial charge in [-0.1, -0.05) is 29.8 Å². The van der Waals surface area contributed by atoms with Crippen LogP contribution in [-0.4, -0.2) is 27.7 Å². The van der Waals surface area contributed by atoms with Crippen molar-refractivity contribution in [1.29, 1.82) is 0 Å². The number of rotatable bonds is 5. The molecule has 1 heterocycles. The molecule has 0 unspecified atom stereocenters. The Kier molecular flexibility index (Phi) is 4.86. The zero-order valence-electron chi connectivity index (χ0n) is 13.6. The summed E-state index contributed by atoms with van der Waals surface area (Å²) in [5.41, 5.74) is 3.10. The molecular weight excluding hydrogens is 320 g/mol. The predicted molar refractivity (Wildman–Crippen MR) is 98.2 cm³/mol. The Morgan fingerprint density at radius 1 is 1.25 bits per heavy atom. The summed E-state index contributed by atoms with van der Waals surface area (Å²) in [4.78, 5) is 0. The van der Waals surface area contributed by atoms with Crippen LogP contribution in [0.2, 0.25) is 0 Å². The van der Waals surface area contributed by atoms with Crippen molar-refractivity contribution in [2.45, 2.75) is 13.8 Å². The summed E-state index contributed by atoms with van der Waals surface area (Å²) in [6.45, 7) is 4.64. The van der Waals surface area contributed by atoms with Gasteiger partial charge in [0.15, 0.2) is 5.82 Å². The number of ether oxygens (including phenoxy) is 1. The van der Waals surface area contributed by atoms with Crippen LogP contribution >= 0.6 is 12.2 Å². The third-order valence-electron chi connectivity index (χ3n) is 3.44. The first-order valence-corrected chi connectivity index (χ1v) is 8.10. The zero-order valence-corrected chi connectivity index (χ0v) is 14.4. The van der Waals surface area contributed by atoms with Crippen LogP contribution in [0.3, 0.4) is 0 Å². The Hall–Kier alpha value is -2.73. The van der Waals surface area contributed by atoms with Gasteiger partial charge in [-0.3, -0.25) is 0 Å². The van der Waals surface area contributed by atoms with Crippen molar-refractivity contribution < 1.29 is 4.74 Å². The summed E-state index contributed by atoms with van der Waals surface area (Å²) in [6, 6.07) is 15.8. The quantitative estimate of drug-likeness (QED) is 0.560. The number of nitrogens with one attached hydrogen (secondary N) is 1. The van der Waals surface area contributed by atoms with Crippen molar-refractivity contribution in [2.24, 2.45) is 5.10 Å². The molecule has 3 rings (SSSR count). The summed E-state index contributed by atoms with van der Waals surface area (Å²) in [6.07, 6.45) is 1.77. The number of aromatic amines is 1. The summed E-state index contributed by atoms with van der Waals surface area (Å²) in [5.74, 6) is 1.48.